The van der Waals surface area contributed by atoms with Crippen molar-refractivity contribution in [2.24, 2.45) is 17.8 Å². The summed E-state index contributed by atoms with van der Waals surface area (Å²) in [4.78, 5) is 6.53. The molecule has 4 atom stereocenters. The average Bonchev–Trinajstić information content (AvgIpc) is 3.29. The molecule has 3 unspecified atom stereocenters. The molecule has 1 saturated heterocycles. The monoisotopic (exact) mass is 482 g/mol. The van der Waals surface area contributed by atoms with Crippen LogP contribution in [0.1, 0.15) is 12.5 Å². The van der Waals surface area contributed by atoms with E-state index in [2.05, 4.69) is 9.88 Å². The fraction of sp³-hybridized carbons (Fsp3) is 0.423. The van der Waals surface area contributed by atoms with Crippen molar-refractivity contribution in [3.8, 4) is 23.0 Å². The predicted molar refractivity (Wildman–Crippen MR) is 128 cm³/mol. The maximum Gasteiger partial charge on any atom is 0.161 e. The highest BCUT2D eigenvalue weighted by atomic mass is 35.5. The van der Waals surface area contributed by atoms with Crippen molar-refractivity contribution in [3.63, 3.8) is 0 Å². The predicted octanol–water partition coefficient (Wildman–Crippen LogP) is 4.09. The molecule has 1 N–H and O–H groups in total. The molecule has 7 nitrogen and oxygen atoms in total. The zero-order valence-electron chi connectivity index (χ0n) is 19.2. The first-order chi connectivity index (χ1) is 16.5. The summed E-state index contributed by atoms with van der Waals surface area (Å²) in [5, 5.41) is 12.7. The summed E-state index contributed by atoms with van der Waals surface area (Å²) in [7, 11) is 1.64. The highest BCUT2D eigenvalue weighted by Crippen LogP contribution is 2.54. The van der Waals surface area contributed by atoms with Crippen LogP contribution in [0.5, 0.6) is 23.0 Å². The number of likely N-dealkylation sites (tertiary alicyclic amines) is 1. The van der Waals surface area contributed by atoms with Crippen LogP contribution in [0.4, 0.5) is 0 Å². The van der Waals surface area contributed by atoms with Crippen LogP contribution >= 0.6 is 11.6 Å². The van der Waals surface area contributed by atoms with E-state index in [0.29, 0.717) is 54.1 Å². The van der Waals surface area contributed by atoms with Crippen LogP contribution in [0, 0.1) is 17.8 Å². The van der Waals surface area contributed by atoms with Crippen molar-refractivity contribution in [2.45, 2.75) is 12.6 Å². The second kappa shape index (κ2) is 8.18. The van der Waals surface area contributed by atoms with E-state index >= 15 is 0 Å². The lowest BCUT2D eigenvalue weighted by Crippen LogP contribution is -2.44. The van der Waals surface area contributed by atoms with Gasteiger partial charge in [-0.3, -0.25) is 9.88 Å². The van der Waals surface area contributed by atoms with Gasteiger partial charge in [0.05, 0.1) is 19.2 Å². The Bertz CT molecular complexity index is 1240. The molecule has 34 heavy (non-hydrogen) atoms. The van der Waals surface area contributed by atoms with Crippen molar-refractivity contribution >= 4 is 22.5 Å². The Balaban J connectivity index is 1.12. The lowest BCUT2D eigenvalue weighted by molar-refractivity contribution is -0.0968. The van der Waals surface area contributed by atoms with E-state index in [9.17, 15) is 5.11 Å². The van der Waals surface area contributed by atoms with E-state index in [1.54, 1.807) is 13.3 Å². The van der Waals surface area contributed by atoms with Crippen LogP contribution in [0.15, 0.2) is 42.6 Å². The number of halogens is 1. The molecule has 2 aliphatic heterocycles. The largest absolute Gasteiger partial charge is 0.497 e. The molecule has 0 bridgehead atoms. The van der Waals surface area contributed by atoms with E-state index in [4.69, 9.17) is 30.5 Å². The van der Waals surface area contributed by atoms with Gasteiger partial charge in [0.25, 0.3) is 0 Å². The Morgan fingerprint density at radius 2 is 1.88 bits per heavy atom. The van der Waals surface area contributed by atoms with Gasteiger partial charge < -0.3 is 24.1 Å². The normalized spacial score (nSPS) is 25.0. The van der Waals surface area contributed by atoms with Crippen molar-refractivity contribution in [3.05, 3.63) is 53.2 Å². The molecular weight excluding hydrogens is 456 g/mol. The van der Waals surface area contributed by atoms with E-state index in [-0.39, 0.29) is 0 Å². The summed E-state index contributed by atoms with van der Waals surface area (Å²) in [6.45, 7) is 5.15. The lowest BCUT2D eigenvalue weighted by Gasteiger charge is -2.36. The van der Waals surface area contributed by atoms with Crippen LogP contribution in [-0.4, -0.2) is 55.0 Å². The zero-order valence-corrected chi connectivity index (χ0v) is 19.9. The Kier molecular flexibility index (Phi) is 5.24. The molecule has 8 heteroatoms. The minimum absolute atomic E-state index is 0.442. The van der Waals surface area contributed by atoms with Gasteiger partial charge >= 0.3 is 0 Å². The molecule has 1 saturated carbocycles. The number of aromatic nitrogens is 1. The van der Waals surface area contributed by atoms with E-state index < -0.39 is 5.72 Å². The summed E-state index contributed by atoms with van der Waals surface area (Å²) >= 11 is 6.44. The number of ether oxygens (including phenoxy) is 4. The van der Waals surface area contributed by atoms with Crippen molar-refractivity contribution in [1.82, 2.24) is 9.88 Å². The summed E-state index contributed by atoms with van der Waals surface area (Å²) in [6, 6.07) is 11.4. The van der Waals surface area contributed by atoms with Gasteiger partial charge in [0.1, 0.15) is 35.5 Å². The third-order valence-electron chi connectivity index (χ3n) is 7.48. The second-order valence-corrected chi connectivity index (χ2v) is 9.81. The van der Waals surface area contributed by atoms with Gasteiger partial charge in [-0.1, -0.05) is 17.7 Å². The summed E-state index contributed by atoms with van der Waals surface area (Å²) in [6.07, 6.45) is 1.63. The quantitative estimate of drug-likeness (QED) is 0.567. The standard InChI is InChI=1S/C26H27ClN2O5/c1-26(30,15-3-6-23-24(9-15)33-8-7-32-23)29-12-18-19(13-29)20(18)14-34-25-17-10-16(31-2)4-5-22(17)28-11-21(25)27/h3-6,9-11,18-20,30H,7-8,12-14H2,1-2H3/t18-,19?,20?,26?/m1/s1. The molecule has 3 aliphatic rings. The Labute approximate surface area is 203 Å². The molecule has 1 aromatic heterocycles. The fourth-order valence-electron chi connectivity index (χ4n) is 5.35. The molecule has 0 radical (unpaired) electrons. The van der Waals surface area contributed by atoms with Crippen LogP contribution < -0.4 is 18.9 Å². The van der Waals surface area contributed by atoms with E-state index in [1.807, 2.05) is 43.3 Å². The van der Waals surface area contributed by atoms with Crippen LogP contribution in [0.2, 0.25) is 5.02 Å². The number of methoxy groups -OCH3 is 1. The summed E-state index contributed by atoms with van der Waals surface area (Å²) < 4.78 is 22.9. The molecule has 6 rings (SSSR count). The molecule has 2 aromatic carbocycles. The molecule has 3 aromatic rings. The highest BCUT2D eigenvalue weighted by molar-refractivity contribution is 6.33. The highest BCUT2D eigenvalue weighted by Gasteiger charge is 2.58. The lowest BCUT2D eigenvalue weighted by atomic mass is 10.0. The number of hydrogen-bond donors (Lipinski definition) is 1. The minimum Gasteiger partial charge on any atom is -0.497 e. The number of aliphatic hydroxyl groups is 1. The number of nitrogens with zero attached hydrogens (tertiary/aromatic N) is 2. The first kappa shape index (κ1) is 21.8. The number of benzene rings is 2. The smallest absolute Gasteiger partial charge is 0.161 e. The van der Waals surface area contributed by atoms with Crippen LogP contribution in [0.3, 0.4) is 0 Å². The van der Waals surface area contributed by atoms with Gasteiger partial charge in [-0.05, 0) is 49.1 Å². The van der Waals surface area contributed by atoms with Gasteiger partial charge in [0.2, 0.25) is 0 Å². The molecule has 1 aliphatic carbocycles. The molecular formula is C26H27ClN2O5. The first-order valence-electron chi connectivity index (χ1n) is 11.6. The summed E-state index contributed by atoms with van der Waals surface area (Å²) in [5.41, 5.74) is 0.559. The van der Waals surface area contributed by atoms with Gasteiger partial charge in [-0.25, -0.2) is 0 Å². The number of rotatable bonds is 6. The Hall–Kier alpha value is -2.74. The maximum atomic E-state index is 11.4. The minimum atomic E-state index is -1.07. The second-order valence-electron chi connectivity index (χ2n) is 9.41. The molecule has 0 amide bonds. The Morgan fingerprint density at radius 3 is 2.65 bits per heavy atom. The van der Waals surface area contributed by atoms with Crippen molar-refractivity contribution in [1.29, 1.82) is 0 Å². The molecule has 178 valence electrons. The summed E-state index contributed by atoms with van der Waals surface area (Å²) in [5.74, 6) is 4.23. The SMILES string of the molecule is COc1ccc2ncc(Cl)c(OCC3C4CN(C(C)(O)c5ccc6c(c5)OCCO6)C[C@@H]34)c2c1. The topological polar surface area (TPSA) is 73.3 Å². The number of pyridine rings is 1. The zero-order chi connectivity index (χ0) is 23.4. The third kappa shape index (κ3) is 3.63. The third-order valence-corrected chi connectivity index (χ3v) is 7.75. The van der Waals surface area contributed by atoms with Gasteiger partial charge in [0.15, 0.2) is 11.5 Å². The van der Waals surface area contributed by atoms with E-state index in [1.165, 1.54) is 0 Å². The van der Waals surface area contributed by atoms with Crippen LogP contribution in [0.25, 0.3) is 10.9 Å². The number of fused-ring (bicyclic) bond motifs is 3. The number of hydrogen-bond acceptors (Lipinski definition) is 7. The van der Waals surface area contributed by atoms with Gasteiger partial charge in [-0.15, -0.1) is 0 Å². The first-order valence-corrected chi connectivity index (χ1v) is 12.0. The Morgan fingerprint density at radius 1 is 1.12 bits per heavy atom. The fourth-order valence-corrected chi connectivity index (χ4v) is 5.55. The van der Waals surface area contributed by atoms with Gasteiger partial charge in [-0.2, -0.15) is 0 Å². The maximum absolute atomic E-state index is 11.4. The molecule has 3 heterocycles. The molecule has 2 fully saturated rings. The van der Waals surface area contributed by atoms with Crippen LogP contribution in [-0.2, 0) is 5.72 Å². The van der Waals surface area contributed by atoms with Crippen molar-refractivity contribution < 1.29 is 24.1 Å². The van der Waals surface area contributed by atoms with Gasteiger partial charge in [0, 0.05) is 36.2 Å². The average molecular weight is 483 g/mol. The van der Waals surface area contributed by atoms with Crippen molar-refractivity contribution in [2.75, 3.05) is 40.0 Å². The van der Waals surface area contributed by atoms with E-state index in [0.717, 1.165) is 41.1 Å². The number of piperidine rings is 1. The molecule has 0 spiro atoms.